The molecule has 1 fully saturated rings. The van der Waals surface area contributed by atoms with Gasteiger partial charge < -0.3 is 14.7 Å². The number of benzene rings is 2. The topological polar surface area (TPSA) is 66.8 Å². The second-order valence-electron chi connectivity index (χ2n) is 7.51. The van der Waals surface area contributed by atoms with Crippen LogP contribution >= 0.6 is 0 Å². The van der Waals surface area contributed by atoms with E-state index in [0.29, 0.717) is 24.4 Å². The van der Waals surface area contributed by atoms with Crippen LogP contribution in [0.3, 0.4) is 0 Å². The van der Waals surface area contributed by atoms with Crippen molar-refractivity contribution in [3.63, 3.8) is 0 Å². The molecule has 0 aliphatic carbocycles. The number of carbonyl (C=O) groups excluding carboxylic acids is 1. The summed E-state index contributed by atoms with van der Waals surface area (Å²) >= 11 is 0. The average Bonchev–Trinajstić information content (AvgIpc) is 2.95. The Hall–Kier alpha value is -2.82. The minimum absolute atomic E-state index is 0.0632. The van der Waals surface area contributed by atoms with Gasteiger partial charge in [0.2, 0.25) is 0 Å². The maximum atomic E-state index is 12.7. The fraction of sp³-hybridized carbons (Fsp3) is 0.333. The molecule has 136 valence electrons. The first-order valence-corrected chi connectivity index (χ1v) is 8.67. The van der Waals surface area contributed by atoms with Gasteiger partial charge in [-0.3, -0.25) is 4.79 Å². The molecule has 1 saturated heterocycles. The van der Waals surface area contributed by atoms with Crippen molar-refractivity contribution in [2.45, 2.75) is 38.7 Å². The van der Waals surface area contributed by atoms with Gasteiger partial charge >= 0.3 is 5.97 Å². The van der Waals surface area contributed by atoms with Crippen LogP contribution in [0.4, 0.5) is 5.69 Å². The standard InChI is InChI=1S/C21H23NO4/c1-21(2,3)15-7-9-17(10-8-15)26-18-11-12-22(19(18)23)16-6-4-5-14(13-16)20(24)25/h4-10,13,18H,11-12H2,1-3H3,(H,24,25). The van der Waals surface area contributed by atoms with Crippen LogP contribution in [0, 0.1) is 0 Å². The van der Waals surface area contributed by atoms with Crippen LogP contribution in [-0.2, 0) is 10.2 Å². The van der Waals surface area contributed by atoms with Gasteiger partial charge in [0, 0.05) is 18.7 Å². The Labute approximate surface area is 153 Å². The predicted molar refractivity (Wildman–Crippen MR) is 99.9 cm³/mol. The van der Waals surface area contributed by atoms with Gasteiger partial charge in [-0.05, 0) is 41.3 Å². The number of amides is 1. The van der Waals surface area contributed by atoms with E-state index in [1.54, 1.807) is 17.0 Å². The highest BCUT2D eigenvalue weighted by molar-refractivity contribution is 6.00. The van der Waals surface area contributed by atoms with E-state index in [0.717, 1.165) is 0 Å². The number of nitrogens with zero attached hydrogens (tertiary/aromatic N) is 1. The van der Waals surface area contributed by atoms with Crippen LogP contribution in [-0.4, -0.2) is 29.6 Å². The molecule has 5 nitrogen and oxygen atoms in total. The molecule has 1 unspecified atom stereocenters. The molecule has 0 bridgehead atoms. The molecule has 0 saturated carbocycles. The third-order valence-corrected chi connectivity index (χ3v) is 4.56. The quantitative estimate of drug-likeness (QED) is 0.906. The molecule has 1 aliphatic rings. The van der Waals surface area contributed by atoms with Gasteiger partial charge in [-0.2, -0.15) is 0 Å². The molecule has 0 spiro atoms. The van der Waals surface area contributed by atoms with E-state index in [1.165, 1.54) is 17.7 Å². The van der Waals surface area contributed by atoms with Gasteiger partial charge in [0.25, 0.3) is 5.91 Å². The minimum atomic E-state index is -1.01. The van der Waals surface area contributed by atoms with Crippen molar-refractivity contribution in [2.75, 3.05) is 11.4 Å². The SMILES string of the molecule is CC(C)(C)c1ccc(OC2CCN(c3cccc(C(=O)O)c3)C2=O)cc1. The molecule has 2 aromatic rings. The summed E-state index contributed by atoms with van der Waals surface area (Å²) < 4.78 is 5.88. The Morgan fingerprint density at radius 1 is 1.15 bits per heavy atom. The van der Waals surface area contributed by atoms with Gasteiger partial charge in [-0.1, -0.05) is 39.0 Å². The molecular formula is C21H23NO4. The summed E-state index contributed by atoms with van der Waals surface area (Å²) in [4.78, 5) is 25.4. The largest absolute Gasteiger partial charge is 0.481 e. The van der Waals surface area contributed by atoms with E-state index in [1.807, 2.05) is 24.3 Å². The number of carboxylic acids is 1. The summed E-state index contributed by atoms with van der Waals surface area (Å²) in [5.41, 5.74) is 2.02. The maximum absolute atomic E-state index is 12.7. The number of carboxylic acid groups (broad SMARTS) is 1. The Morgan fingerprint density at radius 2 is 1.85 bits per heavy atom. The van der Waals surface area contributed by atoms with Crippen LogP contribution in [0.1, 0.15) is 43.1 Å². The smallest absolute Gasteiger partial charge is 0.335 e. The Morgan fingerprint density at radius 3 is 2.46 bits per heavy atom. The highest BCUT2D eigenvalue weighted by atomic mass is 16.5. The van der Waals surface area contributed by atoms with Crippen molar-refractivity contribution in [3.8, 4) is 5.75 Å². The molecule has 0 aromatic heterocycles. The number of carbonyl (C=O) groups is 2. The maximum Gasteiger partial charge on any atom is 0.335 e. The number of rotatable bonds is 4. The lowest BCUT2D eigenvalue weighted by molar-refractivity contribution is -0.122. The van der Waals surface area contributed by atoms with Crippen LogP contribution in [0.25, 0.3) is 0 Å². The monoisotopic (exact) mass is 353 g/mol. The van der Waals surface area contributed by atoms with Crippen molar-refractivity contribution in [1.29, 1.82) is 0 Å². The molecule has 0 radical (unpaired) electrons. The highest BCUT2D eigenvalue weighted by Crippen LogP contribution is 2.28. The second-order valence-corrected chi connectivity index (χ2v) is 7.51. The van der Waals surface area contributed by atoms with Crippen molar-refractivity contribution in [3.05, 3.63) is 59.7 Å². The second kappa shape index (κ2) is 6.83. The third-order valence-electron chi connectivity index (χ3n) is 4.56. The summed E-state index contributed by atoms with van der Waals surface area (Å²) in [6, 6.07) is 14.2. The van der Waals surface area contributed by atoms with E-state index >= 15 is 0 Å². The molecule has 5 heteroatoms. The first-order chi connectivity index (χ1) is 12.3. The zero-order valence-electron chi connectivity index (χ0n) is 15.2. The summed E-state index contributed by atoms with van der Waals surface area (Å²) in [7, 11) is 0. The van der Waals surface area contributed by atoms with Gasteiger partial charge in [0.15, 0.2) is 6.10 Å². The van der Waals surface area contributed by atoms with E-state index in [2.05, 4.69) is 20.8 Å². The van der Waals surface area contributed by atoms with Gasteiger partial charge in [-0.25, -0.2) is 4.79 Å². The molecule has 1 atom stereocenters. The fourth-order valence-corrected chi connectivity index (χ4v) is 3.02. The van der Waals surface area contributed by atoms with Crippen molar-refractivity contribution in [2.24, 2.45) is 0 Å². The van der Waals surface area contributed by atoms with Crippen LogP contribution in [0.5, 0.6) is 5.75 Å². The van der Waals surface area contributed by atoms with Gasteiger partial charge in [-0.15, -0.1) is 0 Å². The molecule has 1 N–H and O–H groups in total. The lowest BCUT2D eigenvalue weighted by Gasteiger charge is -2.20. The fourth-order valence-electron chi connectivity index (χ4n) is 3.02. The van der Waals surface area contributed by atoms with Crippen molar-refractivity contribution >= 4 is 17.6 Å². The van der Waals surface area contributed by atoms with E-state index in [4.69, 9.17) is 9.84 Å². The predicted octanol–water partition coefficient (Wildman–Crippen LogP) is 3.87. The minimum Gasteiger partial charge on any atom is -0.481 e. The third kappa shape index (κ3) is 3.72. The van der Waals surface area contributed by atoms with Crippen molar-refractivity contribution < 1.29 is 19.4 Å². The Kier molecular flexibility index (Phi) is 4.72. The summed E-state index contributed by atoms with van der Waals surface area (Å²) in [5, 5.41) is 9.12. The van der Waals surface area contributed by atoms with Gasteiger partial charge in [0.1, 0.15) is 5.75 Å². The summed E-state index contributed by atoms with van der Waals surface area (Å²) in [6.07, 6.45) is 0.0147. The van der Waals surface area contributed by atoms with Crippen molar-refractivity contribution in [1.82, 2.24) is 0 Å². The van der Waals surface area contributed by atoms with E-state index in [9.17, 15) is 9.59 Å². The molecule has 1 heterocycles. The zero-order chi connectivity index (χ0) is 18.9. The van der Waals surface area contributed by atoms with Gasteiger partial charge in [0.05, 0.1) is 5.56 Å². The molecule has 3 rings (SSSR count). The highest BCUT2D eigenvalue weighted by Gasteiger charge is 2.34. The zero-order valence-corrected chi connectivity index (χ0v) is 15.2. The lowest BCUT2D eigenvalue weighted by Crippen LogP contribution is -2.32. The van der Waals surface area contributed by atoms with E-state index in [-0.39, 0.29) is 16.9 Å². The molecule has 1 aliphatic heterocycles. The molecule has 26 heavy (non-hydrogen) atoms. The first kappa shape index (κ1) is 18.0. The number of hydrogen-bond acceptors (Lipinski definition) is 3. The number of hydrogen-bond donors (Lipinski definition) is 1. The summed E-state index contributed by atoms with van der Waals surface area (Å²) in [6.45, 7) is 6.94. The summed E-state index contributed by atoms with van der Waals surface area (Å²) in [5.74, 6) is -0.491. The number of ether oxygens (including phenoxy) is 1. The Bertz CT molecular complexity index is 821. The molecule has 2 aromatic carbocycles. The molecule has 1 amide bonds. The normalized spacial score (nSPS) is 17.4. The average molecular weight is 353 g/mol. The lowest BCUT2D eigenvalue weighted by atomic mass is 9.87. The van der Waals surface area contributed by atoms with Crippen LogP contribution in [0.15, 0.2) is 48.5 Å². The molecular weight excluding hydrogens is 330 g/mol. The first-order valence-electron chi connectivity index (χ1n) is 8.67. The van der Waals surface area contributed by atoms with Crippen LogP contribution in [0.2, 0.25) is 0 Å². The number of aromatic carboxylic acids is 1. The van der Waals surface area contributed by atoms with Crippen LogP contribution < -0.4 is 9.64 Å². The number of anilines is 1. The van der Waals surface area contributed by atoms with E-state index < -0.39 is 12.1 Å². The Balaban J connectivity index is 1.71.